The predicted molar refractivity (Wildman–Crippen MR) is 89.1 cm³/mol. The van der Waals surface area contributed by atoms with E-state index in [1.54, 1.807) is 31.3 Å². The molecule has 0 spiro atoms. The fourth-order valence-corrected chi connectivity index (χ4v) is 2.26. The zero-order valence-electron chi connectivity index (χ0n) is 12.7. The average Bonchev–Trinajstić information content (AvgIpc) is 2.59. The summed E-state index contributed by atoms with van der Waals surface area (Å²) in [6.07, 6.45) is 0. The van der Waals surface area contributed by atoms with Crippen LogP contribution in [0.1, 0.15) is 26.3 Å². The lowest BCUT2D eigenvalue weighted by Crippen LogP contribution is -2.23. The Balaban J connectivity index is 2.03. The van der Waals surface area contributed by atoms with Gasteiger partial charge in [-0.1, -0.05) is 23.7 Å². The molecule has 2 N–H and O–H groups in total. The van der Waals surface area contributed by atoms with E-state index in [4.69, 9.17) is 11.6 Å². The van der Waals surface area contributed by atoms with Crippen molar-refractivity contribution in [3.05, 3.63) is 74.3 Å². The number of hydrogen-bond acceptors (Lipinski definition) is 4. The minimum Gasteiger partial charge on any atom is -0.355 e. The third-order valence-electron chi connectivity index (χ3n) is 3.30. The Morgan fingerprint density at radius 2 is 1.79 bits per heavy atom. The summed E-state index contributed by atoms with van der Waals surface area (Å²) in [5.74, 6) is -0.631. The van der Waals surface area contributed by atoms with Crippen LogP contribution in [-0.2, 0) is 6.54 Å². The minimum absolute atomic E-state index is 0.0108. The van der Waals surface area contributed by atoms with E-state index in [9.17, 15) is 19.7 Å². The topological polar surface area (TPSA) is 101 Å². The second kappa shape index (κ2) is 7.56. The van der Waals surface area contributed by atoms with Crippen LogP contribution >= 0.6 is 11.6 Å². The van der Waals surface area contributed by atoms with Gasteiger partial charge < -0.3 is 10.6 Å². The van der Waals surface area contributed by atoms with Crippen molar-refractivity contribution in [3.63, 3.8) is 0 Å². The van der Waals surface area contributed by atoms with Crippen molar-refractivity contribution in [2.75, 3.05) is 7.05 Å². The van der Waals surface area contributed by atoms with E-state index in [0.717, 1.165) is 11.6 Å². The van der Waals surface area contributed by atoms with Gasteiger partial charge in [0.15, 0.2) is 0 Å². The number of nitro groups is 1. The smallest absolute Gasteiger partial charge is 0.270 e. The Morgan fingerprint density at radius 3 is 2.33 bits per heavy atom. The molecular weight excluding hydrogens is 334 g/mol. The van der Waals surface area contributed by atoms with E-state index in [-0.39, 0.29) is 28.7 Å². The lowest BCUT2D eigenvalue weighted by molar-refractivity contribution is -0.384. The molecule has 0 fully saturated rings. The maximum atomic E-state index is 12.1. The van der Waals surface area contributed by atoms with Crippen molar-refractivity contribution >= 4 is 29.1 Å². The molecule has 2 aromatic rings. The number of nitro benzene ring substituents is 1. The number of halogens is 1. The Labute approximate surface area is 142 Å². The summed E-state index contributed by atoms with van der Waals surface area (Å²) in [6, 6.07) is 10.4. The molecule has 0 unspecified atom stereocenters. The van der Waals surface area contributed by atoms with Crippen molar-refractivity contribution < 1.29 is 14.5 Å². The normalized spacial score (nSPS) is 10.1. The number of benzene rings is 2. The molecule has 0 radical (unpaired) electrons. The van der Waals surface area contributed by atoms with Gasteiger partial charge in [-0.2, -0.15) is 0 Å². The van der Waals surface area contributed by atoms with Crippen LogP contribution in [0.2, 0.25) is 5.02 Å². The first-order valence-corrected chi connectivity index (χ1v) is 7.33. The molecule has 0 saturated heterocycles. The fourth-order valence-electron chi connectivity index (χ4n) is 2.00. The Morgan fingerprint density at radius 1 is 1.12 bits per heavy atom. The Hall–Kier alpha value is -2.93. The van der Waals surface area contributed by atoms with E-state index in [1.807, 2.05) is 0 Å². The van der Waals surface area contributed by atoms with Crippen molar-refractivity contribution in [1.29, 1.82) is 0 Å². The van der Waals surface area contributed by atoms with Crippen LogP contribution in [-0.4, -0.2) is 23.8 Å². The van der Waals surface area contributed by atoms with Crippen LogP contribution in [0.3, 0.4) is 0 Å². The van der Waals surface area contributed by atoms with Gasteiger partial charge in [0.05, 0.1) is 15.5 Å². The molecule has 0 aliphatic rings. The Bertz CT molecular complexity index is 790. The van der Waals surface area contributed by atoms with Crippen LogP contribution in [0.4, 0.5) is 5.69 Å². The fraction of sp³-hybridized carbons (Fsp3) is 0.125. The molecule has 24 heavy (non-hydrogen) atoms. The molecule has 2 aromatic carbocycles. The number of nitrogens with zero attached hydrogens (tertiary/aromatic N) is 1. The highest BCUT2D eigenvalue weighted by Gasteiger charge is 2.14. The molecular formula is C16H14ClN3O4. The molecule has 0 aliphatic heterocycles. The molecule has 0 heterocycles. The van der Waals surface area contributed by atoms with Crippen LogP contribution < -0.4 is 10.6 Å². The van der Waals surface area contributed by atoms with Gasteiger partial charge in [0.25, 0.3) is 17.5 Å². The number of carbonyl (C=O) groups is 2. The van der Waals surface area contributed by atoms with E-state index >= 15 is 0 Å². The molecule has 8 heteroatoms. The number of nitrogens with one attached hydrogen (secondary N) is 2. The first-order chi connectivity index (χ1) is 11.4. The summed E-state index contributed by atoms with van der Waals surface area (Å²) in [5, 5.41) is 15.9. The van der Waals surface area contributed by atoms with Crippen LogP contribution in [0, 0.1) is 10.1 Å². The number of amides is 2. The predicted octanol–water partition coefficient (Wildman–Crippen LogP) is 2.54. The van der Waals surface area contributed by atoms with Gasteiger partial charge in [-0.3, -0.25) is 19.7 Å². The number of rotatable bonds is 5. The van der Waals surface area contributed by atoms with Crippen molar-refractivity contribution in [3.8, 4) is 0 Å². The van der Waals surface area contributed by atoms with Gasteiger partial charge in [0.2, 0.25) is 0 Å². The zero-order valence-corrected chi connectivity index (χ0v) is 13.5. The maximum Gasteiger partial charge on any atom is 0.270 e. The quantitative estimate of drug-likeness (QED) is 0.641. The molecule has 7 nitrogen and oxygen atoms in total. The first-order valence-electron chi connectivity index (χ1n) is 6.95. The molecule has 0 saturated carbocycles. The van der Waals surface area contributed by atoms with E-state index in [2.05, 4.69) is 10.6 Å². The van der Waals surface area contributed by atoms with Crippen LogP contribution in [0.5, 0.6) is 0 Å². The second-order valence-electron chi connectivity index (χ2n) is 4.88. The molecule has 0 aliphatic carbocycles. The highest BCUT2D eigenvalue weighted by Crippen LogP contribution is 2.22. The zero-order chi connectivity index (χ0) is 17.7. The van der Waals surface area contributed by atoms with Crippen molar-refractivity contribution in [2.24, 2.45) is 0 Å². The summed E-state index contributed by atoms with van der Waals surface area (Å²) in [4.78, 5) is 33.6. The van der Waals surface area contributed by atoms with Gasteiger partial charge in [-0.05, 0) is 23.8 Å². The summed E-state index contributed by atoms with van der Waals surface area (Å²) < 4.78 is 0. The number of hydrogen-bond donors (Lipinski definition) is 2. The molecule has 2 amide bonds. The number of non-ortho nitro benzene ring substituents is 1. The van der Waals surface area contributed by atoms with Gasteiger partial charge in [0.1, 0.15) is 0 Å². The maximum absolute atomic E-state index is 12.1. The monoisotopic (exact) mass is 347 g/mol. The molecule has 124 valence electrons. The SMILES string of the molecule is CNC(=O)c1ccc(CNC(=O)c2ccc([N+](=O)[O-])cc2Cl)cc1. The minimum atomic E-state index is -0.582. The van der Waals surface area contributed by atoms with Crippen LogP contribution in [0.15, 0.2) is 42.5 Å². The van der Waals surface area contributed by atoms with Crippen molar-refractivity contribution in [1.82, 2.24) is 10.6 Å². The molecule has 0 bridgehead atoms. The summed E-state index contributed by atoms with van der Waals surface area (Å²) in [7, 11) is 1.55. The lowest BCUT2D eigenvalue weighted by Gasteiger charge is -2.07. The summed E-state index contributed by atoms with van der Waals surface area (Å²) in [5.41, 5.74) is 1.30. The summed E-state index contributed by atoms with van der Waals surface area (Å²) >= 11 is 5.91. The third kappa shape index (κ3) is 4.08. The standard InChI is InChI=1S/C16H14ClN3O4/c1-18-15(21)11-4-2-10(3-5-11)9-19-16(22)13-7-6-12(20(23)24)8-14(13)17/h2-8H,9H2,1H3,(H,18,21)(H,19,22). The van der Waals surface area contributed by atoms with E-state index in [1.165, 1.54) is 12.1 Å². The highest BCUT2D eigenvalue weighted by atomic mass is 35.5. The van der Waals surface area contributed by atoms with E-state index < -0.39 is 10.8 Å². The van der Waals surface area contributed by atoms with Crippen molar-refractivity contribution in [2.45, 2.75) is 6.54 Å². The second-order valence-corrected chi connectivity index (χ2v) is 5.29. The lowest BCUT2D eigenvalue weighted by atomic mass is 10.1. The molecule has 0 aromatic heterocycles. The first kappa shape index (κ1) is 17.4. The highest BCUT2D eigenvalue weighted by molar-refractivity contribution is 6.34. The van der Waals surface area contributed by atoms with Gasteiger partial charge in [-0.25, -0.2) is 0 Å². The third-order valence-corrected chi connectivity index (χ3v) is 3.62. The average molecular weight is 348 g/mol. The van der Waals surface area contributed by atoms with Gasteiger partial charge >= 0.3 is 0 Å². The number of carbonyl (C=O) groups excluding carboxylic acids is 2. The van der Waals surface area contributed by atoms with E-state index in [0.29, 0.717) is 5.56 Å². The Kier molecular flexibility index (Phi) is 5.49. The van der Waals surface area contributed by atoms with Crippen LogP contribution in [0.25, 0.3) is 0 Å². The van der Waals surface area contributed by atoms with Gasteiger partial charge in [-0.15, -0.1) is 0 Å². The summed E-state index contributed by atoms with van der Waals surface area (Å²) in [6.45, 7) is 0.236. The van der Waals surface area contributed by atoms with Gasteiger partial charge in [0, 0.05) is 31.3 Å². The molecule has 0 atom stereocenters. The largest absolute Gasteiger partial charge is 0.355 e. The molecule has 2 rings (SSSR count).